The summed E-state index contributed by atoms with van der Waals surface area (Å²) in [6.07, 6.45) is 1.78. The zero-order valence-corrected chi connectivity index (χ0v) is 20.8. The maximum atomic E-state index is 12.8. The number of piperidine rings is 1. The first-order valence-electron chi connectivity index (χ1n) is 11.8. The Hall–Kier alpha value is -3.51. The third-order valence-electron chi connectivity index (χ3n) is 6.22. The first-order chi connectivity index (χ1) is 16.9. The Morgan fingerprint density at radius 3 is 2.31 bits per heavy atom. The van der Waals surface area contributed by atoms with Gasteiger partial charge < -0.3 is 19.9 Å². The summed E-state index contributed by atoms with van der Waals surface area (Å²) in [6, 6.07) is 23.0. The van der Waals surface area contributed by atoms with Crippen LogP contribution in [0.3, 0.4) is 0 Å². The molecule has 0 unspecified atom stereocenters. The van der Waals surface area contributed by atoms with Gasteiger partial charge in [0.15, 0.2) is 5.75 Å². The average molecular weight is 492 g/mol. The van der Waals surface area contributed by atoms with E-state index in [0.29, 0.717) is 28.8 Å². The molecule has 1 heterocycles. The summed E-state index contributed by atoms with van der Waals surface area (Å²) in [4.78, 5) is 28.1. The standard InChI is InChI=1S/C28H30ClN3O3/c1-20(33)31-17-15-24(16-18-31)30-26-8-4-3-7-22(26)19-32(21(2)34)27-9-5-6-10-28(27)35-25-13-11-23(29)12-14-25/h3-14,24,30H,15-19H2,1-2H3. The van der Waals surface area contributed by atoms with E-state index in [-0.39, 0.29) is 17.9 Å². The molecule has 1 N–H and O–H groups in total. The third-order valence-corrected chi connectivity index (χ3v) is 6.48. The predicted molar refractivity (Wildman–Crippen MR) is 140 cm³/mol. The average Bonchev–Trinajstić information content (AvgIpc) is 2.85. The van der Waals surface area contributed by atoms with Crippen molar-refractivity contribution in [2.24, 2.45) is 0 Å². The van der Waals surface area contributed by atoms with Gasteiger partial charge in [0.1, 0.15) is 5.75 Å². The van der Waals surface area contributed by atoms with Crippen molar-refractivity contribution in [3.05, 3.63) is 83.4 Å². The summed E-state index contributed by atoms with van der Waals surface area (Å²) in [5, 5.41) is 4.28. The van der Waals surface area contributed by atoms with Gasteiger partial charge in [0.25, 0.3) is 0 Å². The topological polar surface area (TPSA) is 61.9 Å². The van der Waals surface area contributed by atoms with Gasteiger partial charge in [-0.2, -0.15) is 0 Å². The number of hydrogen-bond donors (Lipinski definition) is 1. The molecule has 0 bridgehead atoms. The zero-order chi connectivity index (χ0) is 24.8. The molecule has 2 amide bonds. The number of halogens is 1. The normalized spacial score (nSPS) is 13.9. The zero-order valence-electron chi connectivity index (χ0n) is 20.0. The highest BCUT2D eigenvalue weighted by Gasteiger charge is 2.23. The first-order valence-corrected chi connectivity index (χ1v) is 12.2. The minimum absolute atomic E-state index is 0.0817. The molecular weight excluding hydrogens is 462 g/mol. The van der Waals surface area contributed by atoms with Crippen LogP contribution in [0.1, 0.15) is 32.3 Å². The van der Waals surface area contributed by atoms with Crippen LogP contribution >= 0.6 is 11.6 Å². The van der Waals surface area contributed by atoms with Crippen molar-refractivity contribution in [3.8, 4) is 11.5 Å². The van der Waals surface area contributed by atoms with Crippen LogP contribution in [-0.2, 0) is 16.1 Å². The number of rotatable bonds is 7. The minimum Gasteiger partial charge on any atom is -0.455 e. The van der Waals surface area contributed by atoms with Crippen molar-refractivity contribution in [1.29, 1.82) is 0 Å². The Balaban J connectivity index is 1.54. The quantitative estimate of drug-likeness (QED) is 0.433. The van der Waals surface area contributed by atoms with Gasteiger partial charge in [-0.1, -0.05) is 41.9 Å². The van der Waals surface area contributed by atoms with Gasteiger partial charge in [-0.15, -0.1) is 0 Å². The number of benzene rings is 3. The second kappa shape index (κ2) is 11.3. The van der Waals surface area contributed by atoms with Crippen molar-refractivity contribution < 1.29 is 14.3 Å². The van der Waals surface area contributed by atoms with Gasteiger partial charge in [-0.05, 0) is 60.9 Å². The van der Waals surface area contributed by atoms with Gasteiger partial charge in [-0.3, -0.25) is 9.59 Å². The lowest BCUT2D eigenvalue weighted by Gasteiger charge is -2.33. The summed E-state index contributed by atoms with van der Waals surface area (Å²) < 4.78 is 6.11. The number of anilines is 2. The van der Waals surface area contributed by atoms with Crippen LogP contribution < -0.4 is 15.0 Å². The summed E-state index contributed by atoms with van der Waals surface area (Å²) in [7, 11) is 0. The second-order valence-electron chi connectivity index (χ2n) is 8.71. The van der Waals surface area contributed by atoms with E-state index in [1.165, 1.54) is 0 Å². The molecule has 4 rings (SSSR count). The van der Waals surface area contributed by atoms with E-state index in [1.807, 2.05) is 53.4 Å². The number of carbonyl (C=O) groups excluding carboxylic acids is 2. The number of carbonyl (C=O) groups is 2. The molecule has 1 saturated heterocycles. The smallest absolute Gasteiger partial charge is 0.224 e. The van der Waals surface area contributed by atoms with Crippen LogP contribution in [0.5, 0.6) is 11.5 Å². The van der Waals surface area contributed by atoms with E-state index in [0.717, 1.165) is 37.2 Å². The minimum atomic E-state index is -0.0817. The van der Waals surface area contributed by atoms with Gasteiger partial charge in [0.2, 0.25) is 11.8 Å². The number of nitrogens with one attached hydrogen (secondary N) is 1. The monoisotopic (exact) mass is 491 g/mol. The molecule has 6 nitrogen and oxygen atoms in total. The molecular formula is C28H30ClN3O3. The molecule has 3 aromatic rings. The summed E-state index contributed by atoms with van der Waals surface area (Å²) >= 11 is 6.00. The maximum absolute atomic E-state index is 12.8. The molecule has 0 aromatic heterocycles. The van der Waals surface area contributed by atoms with Crippen LogP contribution in [0.2, 0.25) is 5.02 Å². The van der Waals surface area contributed by atoms with E-state index in [4.69, 9.17) is 16.3 Å². The Morgan fingerprint density at radius 1 is 0.971 bits per heavy atom. The molecule has 0 aliphatic carbocycles. The van der Waals surface area contributed by atoms with Crippen LogP contribution in [-0.4, -0.2) is 35.8 Å². The highest BCUT2D eigenvalue weighted by Crippen LogP contribution is 2.34. The third kappa shape index (κ3) is 6.34. The molecule has 1 aliphatic rings. The van der Waals surface area contributed by atoms with Gasteiger partial charge in [0, 0.05) is 43.7 Å². The number of hydrogen-bond acceptors (Lipinski definition) is 4. The molecule has 3 aromatic carbocycles. The highest BCUT2D eigenvalue weighted by atomic mass is 35.5. The molecule has 182 valence electrons. The van der Waals surface area contributed by atoms with Crippen molar-refractivity contribution in [2.45, 2.75) is 39.3 Å². The molecule has 35 heavy (non-hydrogen) atoms. The van der Waals surface area contributed by atoms with Crippen LogP contribution in [0.4, 0.5) is 11.4 Å². The number of nitrogens with zero attached hydrogens (tertiary/aromatic N) is 2. The summed E-state index contributed by atoms with van der Waals surface area (Å²) in [6.45, 7) is 5.08. The largest absolute Gasteiger partial charge is 0.455 e. The summed E-state index contributed by atoms with van der Waals surface area (Å²) in [5.74, 6) is 1.28. The fourth-order valence-corrected chi connectivity index (χ4v) is 4.42. The van der Waals surface area contributed by atoms with Crippen LogP contribution in [0, 0.1) is 0 Å². The Labute approximate surface area is 211 Å². The molecule has 0 atom stereocenters. The molecule has 1 fully saturated rings. The lowest BCUT2D eigenvalue weighted by atomic mass is 10.0. The predicted octanol–water partition coefficient (Wildman–Crippen LogP) is 6.11. The van der Waals surface area contributed by atoms with Crippen molar-refractivity contribution >= 4 is 34.8 Å². The second-order valence-corrected chi connectivity index (χ2v) is 9.15. The Bertz CT molecular complexity index is 1170. The van der Waals surface area contributed by atoms with Gasteiger partial charge in [-0.25, -0.2) is 0 Å². The summed E-state index contributed by atoms with van der Waals surface area (Å²) in [5.41, 5.74) is 2.70. The highest BCUT2D eigenvalue weighted by molar-refractivity contribution is 6.30. The molecule has 0 saturated carbocycles. The van der Waals surface area contributed by atoms with Crippen molar-refractivity contribution in [1.82, 2.24) is 4.90 Å². The van der Waals surface area contributed by atoms with Crippen molar-refractivity contribution in [2.75, 3.05) is 23.3 Å². The number of amides is 2. The van der Waals surface area contributed by atoms with E-state index in [1.54, 1.807) is 43.0 Å². The SMILES string of the molecule is CC(=O)N1CCC(Nc2ccccc2CN(C(C)=O)c2ccccc2Oc2ccc(Cl)cc2)CC1. The Kier molecular flexibility index (Phi) is 7.93. The number of ether oxygens (including phenoxy) is 1. The lowest BCUT2D eigenvalue weighted by molar-refractivity contribution is -0.129. The lowest BCUT2D eigenvalue weighted by Crippen LogP contribution is -2.41. The van der Waals surface area contributed by atoms with Crippen LogP contribution in [0.15, 0.2) is 72.8 Å². The van der Waals surface area contributed by atoms with E-state index >= 15 is 0 Å². The van der Waals surface area contributed by atoms with E-state index in [2.05, 4.69) is 5.32 Å². The van der Waals surface area contributed by atoms with E-state index < -0.39 is 0 Å². The fourth-order valence-electron chi connectivity index (χ4n) is 4.29. The molecule has 7 heteroatoms. The maximum Gasteiger partial charge on any atom is 0.224 e. The van der Waals surface area contributed by atoms with Crippen molar-refractivity contribution in [3.63, 3.8) is 0 Å². The number of likely N-dealkylation sites (tertiary alicyclic amines) is 1. The van der Waals surface area contributed by atoms with Gasteiger partial charge >= 0.3 is 0 Å². The number of para-hydroxylation sites is 3. The Morgan fingerprint density at radius 2 is 1.63 bits per heavy atom. The van der Waals surface area contributed by atoms with E-state index in [9.17, 15) is 9.59 Å². The van der Waals surface area contributed by atoms with Crippen LogP contribution in [0.25, 0.3) is 0 Å². The fraction of sp³-hybridized carbons (Fsp3) is 0.286. The molecule has 1 aliphatic heterocycles. The molecule has 0 radical (unpaired) electrons. The molecule has 0 spiro atoms. The van der Waals surface area contributed by atoms with Gasteiger partial charge in [0.05, 0.1) is 12.2 Å². The first kappa shape index (κ1) is 24.6.